The van der Waals surface area contributed by atoms with E-state index < -0.39 is 0 Å². The third-order valence-electron chi connectivity index (χ3n) is 3.85. The molecule has 1 unspecified atom stereocenters. The SMILES string of the molecule is O=C1OCCN1CCN1CCOC(c2ccccc2)C1. The Balaban J connectivity index is 1.52. The third-order valence-corrected chi connectivity index (χ3v) is 3.85. The molecule has 5 heteroatoms. The van der Waals surface area contributed by atoms with Gasteiger partial charge < -0.3 is 14.4 Å². The average Bonchev–Trinajstić information content (AvgIpc) is 2.92. The quantitative estimate of drug-likeness (QED) is 0.836. The number of nitrogens with zero attached hydrogens (tertiary/aromatic N) is 2. The van der Waals surface area contributed by atoms with Crippen molar-refractivity contribution in [1.82, 2.24) is 9.80 Å². The summed E-state index contributed by atoms with van der Waals surface area (Å²) in [6.07, 6.45) is -0.0478. The third kappa shape index (κ3) is 3.11. The molecule has 2 aliphatic rings. The summed E-state index contributed by atoms with van der Waals surface area (Å²) in [5.41, 5.74) is 1.22. The Morgan fingerprint density at radius 1 is 1.10 bits per heavy atom. The van der Waals surface area contributed by atoms with Gasteiger partial charge in [-0.05, 0) is 5.56 Å². The zero-order valence-electron chi connectivity index (χ0n) is 11.5. The lowest BCUT2D eigenvalue weighted by atomic mass is 10.1. The van der Waals surface area contributed by atoms with E-state index in [0.717, 1.165) is 32.8 Å². The van der Waals surface area contributed by atoms with Crippen LogP contribution in [0.2, 0.25) is 0 Å². The highest BCUT2D eigenvalue weighted by Crippen LogP contribution is 2.21. The minimum Gasteiger partial charge on any atom is -0.448 e. The smallest absolute Gasteiger partial charge is 0.409 e. The van der Waals surface area contributed by atoms with Crippen LogP contribution in [-0.4, -0.2) is 61.8 Å². The molecule has 2 aliphatic heterocycles. The van der Waals surface area contributed by atoms with Gasteiger partial charge in [0, 0.05) is 26.2 Å². The minimum absolute atomic E-state index is 0.135. The van der Waals surface area contributed by atoms with Crippen molar-refractivity contribution in [2.45, 2.75) is 6.10 Å². The molecule has 2 saturated heterocycles. The fourth-order valence-corrected chi connectivity index (χ4v) is 2.67. The van der Waals surface area contributed by atoms with E-state index in [1.807, 2.05) is 18.2 Å². The van der Waals surface area contributed by atoms with Crippen molar-refractivity contribution in [2.24, 2.45) is 0 Å². The Hall–Kier alpha value is -1.59. The molecule has 2 heterocycles. The van der Waals surface area contributed by atoms with Crippen molar-refractivity contribution in [3.05, 3.63) is 35.9 Å². The standard InChI is InChI=1S/C15H20N2O3/c18-15-17(9-11-20-15)7-6-16-8-10-19-14(12-16)13-4-2-1-3-5-13/h1-5,14H,6-12H2. The largest absolute Gasteiger partial charge is 0.448 e. The summed E-state index contributed by atoms with van der Waals surface area (Å²) >= 11 is 0. The molecule has 3 rings (SSSR count). The molecule has 0 aromatic heterocycles. The van der Waals surface area contributed by atoms with Crippen molar-refractivity contribution in [2.75, 3.05) is 45.9 Å². The molecule has 5 nitrogen and oxygen atoms in total. The summed E-state index contributed by atoms with van der Waals surface area (Å²) in [6, 6.07) is 10.3. The highest BCUT2D eigenvalue weighted by molar-refractivity contribution is 5.69. The maximum atomic E-state index is 11.4. The van der Waals surface area contributed by atoms with E-state index in [2.05, 4.69) is 17.0 Å². The van der Waals surface area contributed by atoms with E-state index in [4.69, 9.17) is 9.47 Å². The zero-order chi connectivity index (χ0) is 13.8. The fourth-order valence-electron chi connectivity index (χ4n) is 2.67. The first-order valence-corrected chi connectivity index (χ1v) is 7.13. The monoisotopic (exact) mass is 276 g/mol. The molecule has 0 aliphatic carbocycles. The number of carbonyl (C=O) groups is 1. The van der Waals surface area contributed by atoms with Gasteiger partial charge in [-0.3, -0.25) is 4.90 Å². The number of carbonyl (C=O) groups excluding carboxylic acids is 1. The molecular weight excluding hydrogens is 256 g/mol. The first-order valence-electron chi connectivity index (χ1n) is 7.13. The van der Waals surface area contributed by atoms with Crippen LogP contribution in [0.3, 0.4) is 0 Å². The molecule has 1 aromatic carbocycles. The average molecular weight is 276 g/mol. The van der Waals surface area contributed by atoms with Gasteiger partial charge in [0.15, 0.2) is 0 Å². The molecule has 0 radical (unpaired) electrons. The van der Waals surface area contributed by atoms with E-state index in [-0.39, 0.29) is 12.2 Å². The van der Waals surface area contributed by atoms with Crippen LogP contribution in [0.4, 0.5) is 4.79 Å². The van der Waals surface area contributed by atoms with Crippen LogP contribution in [0, 0.1) is 0 Å². The van der Waals surface area contributed by atoms with Crippen molar-refractivity contribution in [1.29, 1.82) is 0 Å². The summed E-state index contributed by atoms with van der Waals surface area (Å²) in [6.45, 7) is 5.39. The van der Waals surface area contributed by atoms with Crippen LogP contribution in [0.15, 0.2) is 30.3 Å². The second-order valence-corrected chi connectivity index (χ2v) is 5.17. The van der Waals surface area contributed by atoms with Crippen molar-refractivity contribution >= 4 is 6.09 Å². The predicted octanol–water partition coefficient (Wildman–Crippen LogP) is 1.51. The Morgan fingerprint density at radius 3 is 2.70 bits per heavy atom. The van der Waals surface area contributed by atoms with Crippen LogP contribution in [-0.2, 0) is 9.47 Å². The number of cyclic esters (lactones) is 1. The van der Waals surface area contributed by atoms with Gasteiger partial charge in [-0.25, -0.2) is 4.79 Å². The molecule has 1 aromatic rings. The van der Waals surface area contributed by atoms with Crippen LogP contribution in [0.1, 0.15) is 11.7 Å². The minimum atomic E-state index is -0.183. The van der Waals surface area contributed by atoms with E-state index >= 15 is 0 Å². The van der Waals surface area contributed by atoms with Gasteiger partial charge in [0.25, 0.3) is 0 Å². The topological polar surface area (TPSA) is 42.0 Å². The summed E-state index contributed by atoms with van der Waals surface area (Å²) in [5.74, 6) is 0. The number of rotatable bonds is 4. The van der Waals surface area contributed by atoms with Gasteiger partial charge in [-0.1, -0.05) is 30.3 Å². The van der Waals surface area contributed by atoms with Gasteiger partial charge in [0.05, 0.1) is 19.3 Å². The molecule has 108 valence electrons. The highest BCUT2D eigenvalue weighted by Gasteiger charge is 2.25. The predicted molar refractivity (Wildman–Crippen MR) is 74.5 cm³/mol. The van der Waals surface area contributed by atoms with Gasteiger partial charge >= 0.3 is 6.09 Å². The molecule has 0 bridgehead atoms. The van der Waals surface area contributed by atoms with Gasteiger partial charge in [0.1, 0.15) is 6.61 Å². The number of amides is 1. The summed E-state index contributed by atoms with van der Waals surface area (Å²) in [7, 11) is 0. The van der Waals surface area contributed by atoms with Crippen LogP contribution in [0.5, 0.6) is 0 Å². The lowest BCUT2D eigenvalue weighted by Gasteiger charge is -2.33. The molecule has 0 N–H and O–H groups in total. The Bertz CT molecular complexity index is 452. The van der Waals surface area contributed by atoms with Crippen LogP contribution < -0.4 is 0 Å². The second kappa shape index (κ2) is 6.24. The van der Waals surface area contributed by atoms with Crippen LogP contribution in [0.25, 0.3) is 0 Å². The van der Waals surface area contributed by atoms with E-state index in [9.17, 15) is 4.79 Å². The molecule has 1 amide bonds. The summed E-state index contributed by atoms with van der Waals surface area (Å²) in [4.78, 5) is 15.5. The van der Waals surface area contributed by atoms with Gasteiger partial charge in [-0.15, -0.1) is 0 Å². The Kier molecular flexibility index (Phi) is 4.18. The summed E-state index contributed by atoms with van der Waals surface area (Å²) in [5, 5.41) is 0. The number of hydrogen-bond donors (Lipinski definition) is 0. The molecule has 0 saturated carbocycles. The normalized spacial score (nSPS) is 23.9. The number of benzene rings is 1. The highest BCUT2D eigenvalue weighted by atomic mass is 16.6. The van der Waals surface area contributed by atoms with Crippen molar-refractivity contribution in [3.8, 4) is 0 Å². The Morgan fingerprint density at radius 2 is 1.95 bits per heavy atom. The molecular formula is C15H20N2O3. The number of hydrogen-bond acceptors (Lipinski definition) is 4. The Labute approximate surface area is 119 Å². The number of ether oxygens (including phenoxy) is 2. The first-order chi connectivity index (χ1) is 9.83. The van der Waals surface area contributed by atoms with Crippen molar-refractivity contribution < 1.29 is 14.3 Å². The first kappa shape index (κ1) is 13.4. The van der Waals surface area contributed by atoms with Crippen molar-refractivity contribution in [3.63, 3.8) is 0 Å². The lowest BCUT2D eigenvalue weighted by Crippen LogP contribution is -2.42. The molecule has 20 heavy (non-hydrogen) atoms. The zero-order valence-corrected chi connectivity index (χ0v) is 11.5. The fraction of sp³-hybridized carbons (Fsp3) is 0.533. The maximum Gasteiger partial charge on any atom is 0.409 e. The van der Waals surface area contributed by atoms with E-state index in [1.54, 1.807) is 4.90 Å². The molecule has 2 fully saturated rings. The lowest BCUT2D eigenvalue weighted by molar-refractivity contribution is -0.0310. The molecule has 0 spiro atoms. The van der Waals surface area contributed by atoms with E-state index in [0.29, 0.717) is 13.2 Å². The van der Waals surface area contributed by atoms with Gasteiger partial charge in [0.2, 0.25) is 0 Å². The molecule has 1 atom stereocenters. The van der Waals surface area contributed by atoms with E-state index in [1.165, 1.54) is 5.56 Å². The number of morpholine rings is 1. The maximum absolute atomic E-state index is 11.4. The summed E-state index contributed by atoms with van der Waals surface area (Å²) < 4.78 is 10.8. The second-order valence-electron chi connectivity index (χ2n) is 5.17. The van der Waals surface area contributed by atoms with Crippen LogP contribution >= 0.6 is 0 Å². The van der Waals surface area contributed by atoms with Gasteiger partial charge in [-0.2, -0.15) is 0 Å².